The molecule has 7 rings (SSSR count). The van der Waals surface area contributed by atoms with Gasteiger partial charge in [-0.3, -0.25) is 14.4 Å². The number of aromatic nitrogens is 4. The van der Waals surface area contributed by atoms with Gasteiger partial charge in [-0.2, -0.15) is 0 Å². The van der Waals surface area contributed by atoms with Crippen LogP contribution in [0.25, 0.3) is 0 Å². The summed E-state index contributed by atoms with van der Waals surface area (Å²) in [6.45, 7) is 1.06. The minimum absolute atomic E-state index is 0.173. The Morgan fingerprint density at radius 2 is 1.86 bits per heavy atom. The SMILES string of the molecule is COc1ccc2cc1OCC(=O)NCc1ccc(cc1)O[C@H]1CN(C(=O)c3ccc(Cn4cnnn4)cc3)C[C@@H]1NC2=O. The van der Waals surface area contributed by atoms with E-state index in [2.05, 4.69) is 26.2 Å². The number of amides is 3. The number of tetrazole rings is 1. The highest BCUT2D eigenvalue weighted by molar-refractivity contribution is 5.96. The number of nitrogens with one attached hydrogen (secondary N) is 2. The fourth-order valence-corrected chi connectivity index (χ4v) is 5.01. The maximum Gasteiger partial charge on any atom is 0.258 e. The largest absolute Gasteiger partial charge is 0.493 e. The van der Waals surface area contributed by atoms with Crippen molar-refractivity contribution < 1.29 is 28.6 Å². The molecule has 3 aliphatic heterocycles. The van der Waals surface area contributed by atoms with Crippen molar-refractivity contribution in [3.63, 3.8) is 0 Å². The van der Waals surface area contributed by atoms with E-state index < -0.39 is 12.1 Å². The van der Waals surface area contributed by atoms with Crippen LogP contribution < -0.4 is 24.8 Å². The van der Waals surface area contributed by atoms with E-state index in [1.54, 1.807) is 46.0 Å². The maximum atomic E-state index is 13.5. The average Bonchev–Trinajstić information content (AvgIpc) is 3.69. The second kappa shape index (κ2) is 12.2. The van der Waals surface area contributed by atoms with Gasteiger partial charge in [-0.1, -0.05) is 24.3 Å². The lowest BCUT2D eigenvalue weighted by molar-refractivity contribution is -0.123. The molecular weight excluding hydrogens is 554 g/mol. The van der Waals surface area contributed by atoms with Crippen molar-refractivity contribution in [3.05, 3.63) is 95.3 Å². The second-order valence-corrected chi connectivity index (χ2v) is 10.2. The molecule has 4 aromatic rings. The first-order valence-corrected chi connectivity index (χ1v) is 13.7. The molecule has 3 aliphatic rings. The Morgan fingerprint density at radius 3 is 2.60 bits per heavy atom. The van der Waals surface area contributed by atoms with Crippen LogP contribution in [0.1, 0.15) is 31.8 Å². The molecule has 1 aromatic heterocycles. The summed E-state index contributed by atoms with van der Waals surface area (Å²) in [6, 6.07) is 18.8. The summed E-state index contributed by atoms with van der Waals surface area (Å²) in [5.74, 6) is 0.366. The molecule has 4 heterocycles. The predicted molar refractivity (Wildman–Crippen MR) is 152 cm³/mol. The molecule has 1 saturated heterocycles. The van der Waals surface area contributed by atoms with Gasteiger partial charge in [0.2, 0.25) is 0 Å². The lowest BCUT2D eigenvalue weighted by Crippen LogP contribution is -2.45. The van der Waals surface area contributed by atoms with E-state index in [9.17, 15) is 14.4 Å². The predicted octanol–water partition coefficient (Wildman–Crippen LogP) is 1.44. The molecule has 0 spiro atoms. The first-order chi connectivity index (χ1) is 20.9. The van der Waals surface area contributed by atoms with Gasteiger partial charge in [0.15, 0.2) is 18.1 Å². The first kappa shape index (κ1) is 27.7. The molecule has 0 radical (unpaired) electrons. The molecule has 3 amide bonds. The second-order valence-electron chi connectivity index (χ2n) is 10.2. The number of nitrogens with zero attached hydrogens (tertiary/aromatic N) is 5. The van der Waals surface area contributed by atoms with Crippen LogP contribution >= 0.6 is 0 Å². The molecule has 2 atom stereocenters. The zero-order chi connectivity index (χ0) is 29.8. The highest BCUT2D eigenvalue weighted by Gasteiger charge is 2.38. The Kier molecular flexibility index (Phi) is 7.85. The van der Waals surface area contributed by atoms with E-state index in [-0.39, 0.29) is 43.2 Å². The zero-order valence-corrected chi connectivity index (χ0v) is 23.3. The fourth-order valence-electron chi connectivity index (χ4n) is 5.01. The zero-order valence-electron chi connectivity index (χ0n) is 23.3. The van der Waals surface area contributed by atoms with E-state index in [1.807, 2.05) is 24.3 Å². The van der Waals surface area contributed by atoms with Crippen LogP contribution in [0.3, 0.4) is 0 Å². The van der Waals surface area contributed by atoms with E-state index in [0.29, 0.717) is 35.7 Å². The number of hydrogen-bond acceptors (Lipinski definition) is 9. The van der Waals surface area contributed by atoms with Crippen LogP contribution in [-0.2, 0) is 17.9 Å². The summed E-state index contributed by atoms with van der Waals surface area (Å²) in [5.41, 5.74) is 2.65. The van der Waals surface area contributed by atoms with Crippen molar-refractivity contribution >= 4 is 17.7 Å². The van der Waals surface area contributed by atoms with Crippen molar-refractivity contribution in [1.82, 2.24) is 35.7 Å². The molecule has 0 aliphatic carbocycles. The molecule has 13 heteroatoms. The van der Waals surface area contributed by atoms with Crippen molar-refractivity contribution in [2.24, 2.45) is 0 Å². The summed E-state index contributed by atoms with van der Waals surface area (Å²) in [4.78, 5) is 41.0. The highest BCUT2D eigenvalue weighted by Crippen LogP contribution is 2.29. The Labute approximate surface area is 246 Å². The Hall–Kier alpha value is -5.46. The topological polar surface area (TPSA) is 150 Å². The van der Waals surface area contributed by atoms with Gasteiger partial charge in [0.25, 0.3) is 17.7 Å². The number of fused-ring (bicyclic) bond motifs is 7. The monoisotopic (exact) mass is 583 g/mol. The van der Waals surface area contributed by atoms with E-state index in [0.717, 1.165) is 11.1 Å². The first-order valence-electron chi connectivity index (χ1n) is 13.7. The normalized spacial score (nSPS) is 18.5. The third-order valence-corrected chi connectivity index (χ3v) is 7.29. The van der Waals surface area contributed by atoms with Gasteiger partial charge in [-0.25, -0.2) is 4.68 Å². The molecule has 3 aromatic carbocycles. The van der Waals surface area contributed by atoms with Gasteiger partial charge >= 0.3 is 0 Å². The molecule has 0 unspecified atom stereocenters. The number of carbonyl (C=O) groups is 3. The van der Waals surface area contributed by atoms with E-state index >= 15 is 0 Å². The summed E-state index contributed by atoms with van der Waals surface area (Å²) in [7, 11) is 1.48. The van der Waals surface area contributed by atoms with Crippen molar-refractivity contribution in [2.45, 2.75) is 25.2 Å². The minimum Gasteiger partial charge on any atom is -0.493 e. The van der Waals surface area contributed by atoms with Gasteiger partial charge in [0.05, 0.1) is 26.2 Å². The number of hydrogen-bond donors (Lipinski definition) is 2. The average molecular weight is 584 g/mol. The van der Waals surface area contributed by atoms with E-state index in [1.165, 1.54) is 19.5 Å². The van der Waals surface area contributed by atoms with Crippen LogP contribution in [-0.4, -0.2) is 81.8 Å². The molecule has 13 nitrogen and oxygen atoms in total. The van der Waals surface area contributed by atoms with Gasteiger partial charge in [-0.05, 0) is 64.0 Å². The van der Waals surface area contributed by atoms with Gasteiger partial charge in [0, 0.05) is 24.2 Å². The Balaban J connectivity index is 1.24. The highest BCUT2D eigenvalue weighted by atomic mass is 16.5. The Bertz CT molecular complexity index is 1610. The molecule has 4 bridgehead atoms. The standard InChI is InChI=1S/C30H29N7O6/c1-41-25-11-8-22-12-26(25)42-17-28(38)31-13-19-4-9-23(10-5-19)43-27-16-36(15-24(27)33-29(22)39)30(40)21-6-2-20(3-7-21)14-37-18-32-34-35-37/h2-12,18,24,27H,13-17H2,1H3,(H,31,38)(H,33,39)/t24-,27-/m0/s1. The lowest BCUT2D eigenvalue weighted by Gasteiger charge is -2.21. The van der Waals surface area contributed by atoms with Crippen molar-refractivity contribution in [2.75, 3.05) is 26.8 Å². The van der Waals surface area contributed by atoms with Gasteiger partial charge in [-0.15, -0.1) is 5.10 Å². The van der Waals surface area contributed by atoms with Crippen molar-refractivity contribution in [1.29, 1.82) is 0 Å². The molecular formula is C30H29N7O6. The summed E-state index contributed by atoms with van der Waals surface area (Å²) in [6.07, 6.45) is 1.01. The smallest absolute Gasteiger partial charge is 0.258 e. The summed E-state index contributed by atoms with van der Waals surface area (Å²) in [5, 5.41) is 17.0. The van der Waals surface area contributed by atoms with E-state index in [4.69, 9.17) is 14.2 Å². The van der Waals surface area contributed by atoms with Gasteiger partial charge < -0.3 is 29.7 Å². The molecule has 1 fully saturated rings. The quantitative estimate of drug-likeness (QED) is 0.364. The Morgan fingerprint density at radius 1 is 1.05 bits per heavy atom. The number of rotatable bonds is 4. The lowest BCUT2D eigenvalue weighted by atomic mass is 10.1. The van der Waals surface area contributed by atoms with Crippen molar-refractivity contribution in [3.8, 4) is 17.2 Å². The molecule has 43 heavy (non-hydrogen) atoms. The van der Waals surface area contributed by atoms with Crippen LogP contribution in [0, 0.1) is 0 Å². The molecule has 2 N–H and O–H groups in total. The third kappa shape index (κ3) is 6.40. The summed E-state index contributed by atoms with van der Waals surface area (Å²) < 4.78 is 19.0. The third-order valence-electron chi connectivity index (χ3n) is 7.29. The molecule has 220 valence electrons. The van der Waals surface area contributed by atoms with Crippen LogP contribution in [0.5, 0.6) is 17.2 Å². The van der Waals surface area contributed by atoms with Gasteiger partial charge in [0.1, 0.15) is 18.2 Å². The maximum absolute atomic E-state index is 13.5. The number of carbonyl (C=O) groups excluding carboxylic acids is 3. The fraction of sp³-hybridized carbons (Fsp3) is 0.267. The van der Waals surface area contributed by atoms with Crippen LogP contribution in [0.15, 0.2) is 73.1 Å². The van der Waals surface area contributed by atoms with Crippen LogP contribution in [0.4, 0.5) is 0 Å². The minimum atomic E-state index is -0.512. The van der Waals surface area contributed by atoms with Crippen LogP contribution in [0.2, 0.25) is 0 Å². The molecule has 0 saturated carbocycles. The number of ether oxygens (including phenoxy) is 3. The number of likely N-dealkylation sites (tertiary alicyclic amines) is 1. The number of methoxy groups -OCH3 is 1. The summed E-state index contributed by atoms with van der Waals surface area (Å²) >= 11 is 0. The number of benzene rings is 3.